The number of benzene rings is 1. The third-order valence-corrected chi connectivity index (χ3v) is 7.33. The van der Waals surface area contributed by atoms with Crippen molar-refractivity contribution in [3.8, 4) is 11.1 Å². The van der Waals surface area contributed by atoms with Crippen LogP contribution in [0.5, 0.6) is 0 Å². The van der Waals surface area contributed by atoms with E-state index in [0.717, 1.165) is 46.6 Å². The zero-order chi connectivity index (χ0) is 25.2. The molecular weight excluding hydrogens is 462 g/mol. The molecule has 2 aromatic rings. The Hall–Kier alpha value is -2.98. The second-order valence-electron chi connectivity index (χ2n) is 10.5. The van der Waals surface area contributed by atoms with Crippen molar-refractivity contribution >= 4 is 17.5 Å². The van der Waals surface area contributed by atoms with Crippen molar-refractivity contribution in [3.63, 3.8) is 0 Å². The molecular formula is C27H31N3O6. The van der Waals surface area contributed by atoms with Gasteiger partial charge in [0.2, 0.25) is 0 Å². The monoisotopic (exact) mass is 493 g/mol. The van der Waals surface area contributed by atoms with Crippen LogP contribution in [-0.2, 0) is 32.2 Å². The van der Waals surface area contributed by atoms with E-state index in [-0.39, 0.29) is 17.7 Å². The van der Waals surface area contributed by atoms with E-state index < -0.39 is 17.9 Å². The van der Waals surface area contributed by atoms with Crippen LogP contribution in [0.15, 0.2) is 36.2 Å². The molecule has 4 heterocycles. The van der Waals surface area contributed by atoms with Gasteiger partial charge in [-0.1, -0.05) is 12.1 Å². The molecule has 1 aromatic heterocycles. The standard InChI is InChI=1S/C27H31N3O6/c1-27(2)35-13-17(36-27)10-29(3)23-8-15-12-34-14-22-18(20(15)9-28-23)6-7-19-24(22)30(16-4-5-16)11-21(25(19)31)26(32)33/h6-9,11,16-17,25,31H,4-5,10,12-14H2,1-3H3,(H,32,33)/t17-,25?/m0/s1. The maximum absolute atomic E-state index is 11.8. The predicted molar refractivity (Wildman–Crippen MR) is 133 cm³/mol. The van der Waals surface area contributed by atoms with Crippen molar-refractivity contribution in [2.75, 3.05) is 30.0 Å². The molecule has 36 heavy (non-hydrogen) atoms. The summed E-state index contributed by atoms with van der Waals surface area (Å²) >= 11 is 0. The molecule has 2 atom stereocenters. The summed E-state index contributed by atoms with van der Waals surface area (Å²) in [4.78, 5) is 20.6. The van der Waals surface area contributed by atoms with Crippen LogP contribution in [0.1, 0.15) is 49.5 Å². The quantitative estimate of drug-likeness (QED) is 0.649. The van der Waals surface area contributed by atoms with Crippen LogP contribution in [0.4, 0.5) is 11.5 Å². The first-order valence-electron chi connectivity index (χ1n) is 12.4. The zero-order valence-corrected chi connectivity index (χ0v) is 20.7. The Balaban J connectivity index is 1.35. The summed E-state index contributed by atoms with van der Waals surface area (Å²) in [6.07, 6.45) is 4.26. The molecule has 190 valence electrons. The van der Waals surface area contributed by atoms with Crippen LogP contribution < -0.4 is 9.80 Å². The maximum atomic E-state index is 11.8. The summed E-state index contributed by atoms with van der Waals surface area (Å²) < 4.78 is 17.8. The van der Waals surface area contributed by atoms with Crippen LogP contribution in [0.2, 0.25) is 0 Å². The Labute approximate surface area is 209 Å². The molecule has 6 rings (SSSR count). The number of pyridine rings is 1. The zero-order valence-electron chi connectivity index (χ0n) is 20.7. The average molecular weight is 494 g/mol. The Kier molecular flexibility index (Phi) is 5.56. The highest BCUT2D eigenvalue weighted by atomic mass is 16.7. The van der Waals surface area contributed by atoms with Crippen molar-refractivity contribution in [1.29, 1.82) is 0 Å². The number of nitrogens with zero attached hydrogens (tertiary/aromatic N) is 3. The fraction of sp³-hybridized carbons (Fsp3) is 0.481. The molecule has 1 aromatic carbocycles. The van der Waals surface area contributed by atoms with E-state index in [2.05, 4.69) is 11.0 Å². The SMILES string of the molecule is CN(C[C@H]1COC(C)(C)O1)c1cc2c(cn1)-c1ccc3c(c1COC2)N(C1CC1)C=C(C(=O)O)C3O. The number of anilines is 2. The minimum Gasteiger partial charge on any atom is -0.478 e. The molecule has 2 N–H and O–H groups in total. The lowest BCUT2D eigenvalue weighted by Gasteiger charge is -2.34. The second kappa shape index (κ2) is 8.55. The lowest BCUT2D eigenvalue weighted by atomic mass is 9.88. The fourth-order valence-corrected chi connectivity index (χ4v) is 5.41. The van der Waals surface area contributed by atoms with Gasteiger partial charge in [-0.15, -0.1) is 0 Å². The van der Waals surface area contributed by atoms with Gasteiger partial charge in [0, 0.05) is 48.7 Å². The van der Waals surface area contributed by atoms with E-state index in [0.29, 0.717) is 31.9 Å². The van der Waals surface area contributed by atoms with Gasteiger partial charge >= 0.3 is 5.97 Å². The minimum atomic E-state index is -1.18. The molecule has 0 radical (unpaired) electrons. The number of carboxylic acid groups (broad SMARTS) is 1. The molecule has 2 fully saturated rings. The number of carboxylic acids is 1. The summed E-state index contributed by atoms with van der Waals surface area (Å²) in [6, 6.07) is 6.09. The van der Waals surface area contributed by atoms with Crippen LogP contribution in [0, 0.1) is 0 Å². The highest BCUT2D eigenvalue weighted by molar-refractivity contribution is 5.92. The molecule has 9 heteroatoms. The van der Waals surface area contributed by atoms with E-state index in [1.165, 1.54) is 0 Å². The van der Waals surface area contributed by atoms with Gasteiger partial charge in [0.05, 0.1) is 31.1 Å². The third-order valence-electron chi connectivity index (χ3n) is 7.33. The molecule has 1 unspecified atom stereocenters. The van der Waals surface area contributed by atoms with E-state index in [1.54, 1.807) is 6.20 Å². The number of aliphatic hydroxyl groups excluding tert-OH is 1. The van der Waals surface area contributed by atoms with Gasteiger partial charge in [0.15, 0.2) is 5.79 Å². The van der Waals surface area contributed by atoms with E-state index in [4.69, 9.17) is 19.2 Å². The minimum absolute atomic E-state index is 0.00124. The van der Waals surface area contributed by atoms with E-state index in [9.17, 15) is 15.0 Å². The number of carbonyl (C=O) groups is 1. The van der Waals surface area contributed by atoms with Crippen molar-refractivity contribution in [2.45, 2.75) is 63.9 Å². The van der Waals surface area contributed by atoms with Gasteiger partial charge < -0.3 is 34.2 Å². The number of fused-ring (bicyclic) bond motifs is 5. The van der Waals surface area contributed by atoms with Crippen molar-refractivity contribution < 1.29 is 29.2 Å². The second-order valence-corrected chi connectivity index (χ2v) is 10.5. The van der Waals surface area contributed by atoms with Gasteiger partial charge in [-0.05, 0) is 43.9 Å². The Morgan fingerprint density at radius 3 is 2.75 bits per heavy atom. The van der Waals surface area contributed by atoms with Crippen LogP contribution in [0.25, 0.3) is 11.1 Å². The number of aromatic nitrogens is 1. The van der Waals surface area contributed by atoms with Gasteiger partial charge in [0.25, 0.3) is 0 Å². The molecule has 0 spiro atoms. The molecule has 1 saturated carbocycles. The van der Waals surface area contributed by atoms with Crippen LogP contribution in [-0.4, -0.2) is 59.3 Å². The van der Waals surface area contributed by atoms with Crippen LogP contribution >= 0.6 is 0 Å². The van der Waals surface area contributed by atoms with Gasteiger partial charge in [-0.2, -0.15) is 0 Å². The van der Waals surface area contributed by atoms with Gasteiger partial charge in [-0.3, -0.25) is 0 Å². The number of aliphatic carboxylic acids is 1. The molecule has 1 saturated heterocycles. The molecule has 3 aliphatic heterocycles. The Morgan fingerprint density at radius 2 is 2.06 bits per heavy atom. The summed E-state index contributed by atoms with van der Waals surface area (Å²) in [7, 11) is 1.99. The van der Waals surface area contributed by atoms with Gasteiger partial charge in [-0.25, -0.2) is 9.78 Å². The normalized spacial score (nSPS) is 24.3. The Morgan fingerprint density at radius 1 is 1.25 bits per heavy atom. The number of hydrogen-bond acceptors (Lipinski definition) is 8. The number of ether oxygens (including phenoxy) is 3. The van der Waals surface area contributed by atoms with Gasteiger partial charge in [0.1, 0.15) is 18.0 Å². The first kappa shape index (κ1) is 23.4. The lowest BCUT2D eigenvalue weighted by Crippen LogP contribution is -2.32. The van der Waals surface area contributed by atoms with Crippen molar-refractivity contribution in [3.05, 3.63) is 52.9 Å². The summed E-state index contributed by atoms with van der Waals surface area (Å²) in [6.45, 7) is 5.84. The first-order valence-corrected chi connectivity index (χ1v) is 12.4. The number of aliphatic hydroxyl groups is 1. The topological polar surface area (TPSA) is 105 Å². The molecule has 9 nitrogen and oxygen atoms in total. The number of hydrogen-bond donors (Lipinski definition) is 2. The Bertz CT molecular complexity index is 1250. The summed E-state index contributed by atoms with van der Waals surface area (Å²) in [5.41, 5.74) is 5.45. The predicted octanol–water partition coefficient (Wildman–Crippen LogP) is 3.35. The summed E-state index contributed by atoms with van der Waals surface area (Å²) in [5, 5.41) is 20.5. The number of likely N-dealkylation sites (N-methyl/N-ethyl adjacent to an activating group) is 1. The largest absolute Gasteiger partial charge is 0.478 e. The molecule has 0 bridgehead atoms. The van der Waals surface area contributed by atoms with Crippen molar-refractivity contribution in [2.24, 2.45) is 0 Å². The fourth-order valence-electron chi connectivity index (χ4n) is 5.41. The highest BCUT2D eigenvalue weighted by Crippen LogP contribution is 2.48. The summed E-state index contributed by atoms with van der Waals surface area (Å²) in [5.74, 6) is -0.836. The van der Waals surface area contributed by atoms with Crippen LogP contribution in [0.3, 0.4) is 0 Å². The molecule has 4 aliphatic rings. The number of rotatable bonds is 5. The van der Waals surface area contributed by atoms with Crippen molar-refractivity contribution in [1.82, 2.24) is 4.98 Å². The smallest absolute Gasteiger partial charge is 0.336 e. The van der Waals surface area contributed by atoms with E-state index in [1.807, 2.05) is 44.1 Å². The average Bonchev–Trinajstić information content (AvgIpc) is 3.64. The molecule has 0 amide bonds. The maximum Gasteiger partial charge on any atom is 0.336 e. The molecule has 1 aliphatic carbocycles. The first-order chi connectivity index (χ1) is 17.2. The third kappa shape index (κ3) is 4.06. The highest BCUT2D eigenvalue weighted by Gasteiger charge is 2.39. The van der Waals surface area contributed by atoms with E-state index >= 15 is 0 Å². The lowest BCUT2D eigenvalue weighted by molar-refractivity contribution is -0.137.